The molecule has 1 amide bonds. The summed E-state index contributed by atoms with van der Waals surface area (Å²) < 4.78 is 0. The Morgan fingerprint density at radius 2 is 1.95 bits per heavy atom. The van der Waals surface area contributed by atoms with Crippen molar-refractivity contribution in [3.63, 3.8) is 0 Å². The van der Waals surface area contributed by atoms with Gasteiger partial charge in [-0.15, -0.1) is 0 Å². The number of benzene rings is 1. The number of hydrogen-bond acceptors (Lipinski definition) is 3. The van der Waals surface area contributed by atoms with Gasteiger partial charge in [0, 0.05) is 12.0 Å². The zero-order valence-corrected chi connectivity index (χ0v) is 12.5. The van der Waals surface area contributed by atoms with Gasteiger partial charge in [-0.1, -0.05) is 54.8 Å². The zero-order valence-electron chi connectivity index (χ0n) is 12.5. The molecule has 2 aliphatic rings. The molecule has 1 fully saturated rings. The van der Waals surface area contributed by atoms with E-state index < -0.39 is 0 Å². The van der Waals surface area contributed by atoms with Crippen LogP contribution in [0.1, 0.15) is 57.1 Å². The minimum atomic E-state index is -0.133. The van der Waals surface area contributed by atoms with E-state index in [0.717, 1.165) is 18.4 Å². The fraction of sp³-hybridized carbons (Fsp3) is 0.529. The maximum atomic E-state index is 12.4. The molecule has 1 N–H and O–H groups in total. The molecule has 4 nitrogen and oxygen atoms in total. The first kappa shape index (κ1) is 14.1. The molecule has 1 saturated carbocycles. The summed E-state index contributed by atoms with van der Waals surface area (Å²) in [5, 5.41) is 7.15. The smallest absolute Gasteiger partial charge is 0.269 e. The predicted molar refractivity (Wildman–Crippen MR) is 82.0 cm³/mol. The summed E-state index contributed by atoms with van der Waals surface area (Å²) in [5.74, 6) is -0.0715. The van der Waals surface area contributed by atoms with Gasteiger partial charge in [-0.2, -0.15) is 0 Å². The summed E-state index contributed by atoms with van der Waals surface area (Å²) in [6.07, 6.45) is 6.16. The van der Waals surface area contributed by atoms with Crippen LogP contribution in [0, 0.1) is 0 Å². The van der Waals surface area contributed by atoms with Gasteiger partial charge in [0.05, 0.1) is 0 Å². The van der Waals surface area contributed by atoms with E-state index in [0.29, 0.717) is 12.1 Å². The first-order chi connectivity index (χ1) is 10.2. The van der Waals surface area contributed by atoms with Crippen molar-refractivity contribution < 1.29 is 9.63 Å². The second-order valence-corrected chi connectivity index (χ2v) is 6.32. The monoisotopic (exact) mass is 286 g/mol. The highest BCUT2D eigenvalue weighted by Crippen LogP contribution is 2.29. The van der Waals surface area contributed by atoms with Crippen molar-refractivity contribution in [1.29, 1.82) is 0 Å². The van der Waals surface area contributed by atoms with Gasteiger partial charge in [-0.25, -0.2) is 0 Å². The Morgan fingerprint density at radius 1 is 1.24 bits per heavy atom. The molecule has 0 radical (unpaired) electrons. The van der Waals surface area contributed by atoms with Crippen LogP contribution >= 0.6 is 0 Å². The quantitative estimate of drug-likeness (QED) is 0.926. The van der Waals surface area contributed by atoms with Crippen LogP contribution in [-0.4, -0.2) is 17.2 Å². The fourth-order valence-corrected chi connectivity index (χ4v) is 3.16. The lowest BCUT2D eigenvalue weighted by molar-refractivity contribution is -0.116. The van der Waals surface area contributed by atoms with Gasteiger partial charge in [-0.05, 0) is 25.3 Å². The first-order valence-corrected chi connectivity index (χ1v) is 7.76. The number of carbonyl (C=O) groups is 1. The largest absolute Gasteiger partial charge is 0.387 e. The molecule has 1 aromatic carbocycles. The van der Waals surface area contributed by atoms with Crippen molar-refractivity contribution in [2.24, 2.45) is 5.16 Å². The lowest BCUT2D eigenvalue weighted by Crippen LogP contribution is -2.49. The summed E-state index contributed by atoms with van der Waals surface area (Å²) in [6.45, 7) is 2.13. The van der Waals surface area contributed by atoms with Gasteiger partial charge in [-0.3, -0.25) is 4.79 Å². The maximum absolute atomic E-state index is 12.4. The molecule has 0 bridgehead atoms. The third-order valence-corrected chi connectivity index (χ3v) is 4.47. The van der Waals surface area contributed by atoms with Crippen molar-refractivity contribution in [3.8, 4) is 0 Å². The van der Waals surface area contributed by atoms with Crippen LogP contribution in [0.3, 0.4) is 0 Å². The molecular formula is C17H22N2O2. The van der Waals surface area contributed by atoms with Crippen molar-refractivity contribution in [1.82, 2.24) is 5.32 Å². The van der Waals surface area contributed by atoms with Crippen molar-refractivity contribution >= 4 is 11.6 Å². The number of rotatable bonds is 3. The molecule has 0 aromatic heterocycles. The first-order valence-electron chi connectivity index (χ1n) is 7.76. The third kappa shape index (κ3) is 3.26. The topological polar surface area (TPSA) is 50.7 Å². The Kier molecular flexibility index (Phi) is 3.95. The summed E-state index contributed by atoms with van der Waals surface area (Å²) in [5.41, 5.74) is 1.49. The second kappa shape index (κ2) is 5.88. The third-order valence-electron chi connectivity index (χ3n) is 4.47. The summed E-state index contributed by atoms with van der Waals surface area (Å²) in [6, 6.07) is 9.92. The summed E-state index contributed by atoms with van der Waals surface area (Å²) in [4.78, 5) is 17.8. The van der Waals surface area contributed by atoms with Crippen LogP contribution < -0.4 is 5.32 Å². The SMILES string of the molecule is CC1(NC(=O)C2=NOC(c3ccccc3)C2)CCCCC1. The molecule has 3 rings (SSSR count). The van der Waals surface area contributed by atoms with E-state index in [-0.39, 0.29) is 17.6 Å². The highest BCUT2D eigenvalue weighted by molar-refractivity contribution is 6.39. The van der Waals surface area contributed by atoms with E-state index in [1.54, 1.807) is 0 Å². The van der Waals surface area contributed by atoms with Crippen LogP contribution in [0.15, 0.2) is 35.5 Å². The van der Waals surface area contributed by atoms with Gasteiger partial charge >= 0.3 is 0 Å². The van der Waals surface area contributed by atoms with Crippen molar-refractivity contribution in [3.05, 3.63) is 35.9 Å². The van der Waals surface area contributed by atoms with E-state index in [4.69, 9.17) is 4.84 Å². The van der Waals surface area contributed by atoms with Gasteiger partial charge in [0.15, 0.2) is 6.10 Å². The Bertz CT molecular complexity index is 533. The molecular weight excluding hydrogens is 264 g/mol. The standard InChI is InChI=1S/C17H22N2O2/c1-17(10-6-3-7-11-17)18-16(20)14-12-15(21-19-14)13-8-4-2-5-9-13/h2,4-5,8-9,15H,3,6-7,10-12H2,1H3,(H,18,20). The average molecular weight is 286 g/mol. The number of hydrogen-bond donors (Lipinski definition) is 1. The van der Waals surface area contributed by atoms with E-state index >= 15 is 0 Å². The molecule has 1 heterocycles. The van der Waals surface area contributed by atoms with E-state index in [1.807, 2.05) is 30.3 Å². The Morgan fingerprint density at radius 3 is 2.67 bits per heavy atom. The van der Waals surface area contributed by atoms with E-state index in [1.165, 1.54) is 19.3 Å². The Labute approximate surface area is 125 Å². The van der Waals surface area contributed by atoms with Crippen LogP contribution in [0.5, 0.6) is 0 Å². The minimum Gasteiger partial charge on any atom is -0.387 e. The van der Waals surface area contributed by atoms with Gasteiger partial charge in [0.1, 0.15) is 5.71 Å². The normalized spacial score (nSPS) is 24.0. The predicted octanol–water partition coefficient (Wildman–Crippen LogP) is 3.34. The van der Waals surface area contributed by atoms with Crippen molar-refractivity contribution in [2.75, 3.05) is 0 Å². The highest BCUT2D eigenvalue weighted by atomic mass is 16.6. The Balaban J connectivity index is 1.59. The molecule has 112 valence electrons. The average Bonchev–Trinajstić information content (AvgIpc) is 2.98. The van der Waals surface area contributed by atoms with Crippen molar-refractivity contribution in [2.45, 2.75) is 57.1 Å². The lowest BCUT2D eigenvalue weighted by atomic mass is 9.83. The lowest BCUT2D eigenvalue weighted by Gasteiger charge is -2.34. The van der Waals surface area contributed by atoms with E-state index in [9.17, 15) is 4.79 Å². The van der Waals surface area contributed by atoms with Crippen LogP contribution in [-0.2, 0) is 9.63 Å². The number of oxime groups is 1. The molecule has 1 aliphatic carbocycles. The second-order valence-electron chi connectivity index (χ2n) is 6.32. The minimum absolute atomic E-state index is 0.0715. The Hall–Kier alpha value is -1.84. The molecule has 0 spiro atoms. The molecule has 1 unspecified atom stereocenters. The molecule has 1 atom stereocenters. The van der Waals surface area contributed by atoms with Crippen LogP contribution in [0.2, 0.25) is 0 Å². The molecule has 4 heteroatoms. The van der Waals surface area contributed by atoms with Gasteiger partial charge in [0.2, 0.25) is 0 Å². The molecule has 21 heavy (non-hydrogen) atoms. The number of amides is 1. The van der Waals surface area contributed by atoms with Gasteiger partial charge in [0.25, 0.3) is 5.91 Å². The molecule has 0 saturated heterocycles. The van der Waals surface area contributed by atoms with Crippen LogP contribution in [0.25, 0.3) is 0 Å². The zero-order chi connectivity index (χ0) is 14.7. The molecule has 1 aromatic rings. The number of carbonyl (C=O) groups excluding carboxylic acids is 1. The highest BCUT2D eigenvalue weighted by Gasteiger charge is 2.33. The fourth-order valence-electron chi connectivity index (χ4n) is 3.16. The van der Waals surface area contributed by atoms with E-state index in [2.05, 4.69) is 17.4 Å². The number of nitrogens with zero attached hydrogens (tertiary/aromatic N) is 1. The summed E-state index contributed by atoms with van der Waals surface area (Å²) >= 11 is 0. The number of nitrogens with one attached hydrogen (secondary N) is 1. The molecule has 1 aliphatic heterocycles. The van der Waals surface area contributed by atoms with Crippen LogP contribution in [0.4, 0.5) is 0 Å². The van der Waals surface area contributed by atoms with Gasteiger partial charge < -0.3 is 10.2 Å². The summed E-state index contributed by atoms with van der Waals surface area (Å²) in [7, 11) is 0. The maximum Gasteiger partial charge on any atom is 0.269 e.